The highest BCUT2D eigenvalue weighted by molar-refractivity contribution is 5.59. The summed E-state index contributed by atoms with van der Waals surface area (Å²) in [5.41, 5.74) is 5.97. The molecule has 3 heterocycles. The normalized spacial score (nSPS) is 14.1. The molecule has 0 amide bonds. The molecule has 2 aromatic rings. The Hall–Kier alpha value is -1.81. The molecule has 3 rings (SSSR count). The Morgan fingerprint density at radius 1 is 1.30 bits per heavy atom. The minimum atomic E-state index is 0.843. The van der Waals surface area contributed by atoms with E-state index in [2.05, 4.69) is 24.1 Å². The van der Waals surface area contributed by atoms with E-state index in [1.165, 1.54) is 17.0 Å². The molecule has 0 radical (unpaired) electrons. The van der Waals surface area contributed by atoms with E-state index in [0.29, 0.717) is 0 Å². The quantitative estimate of drug-likeness (QED) is 0.929. The fraction of sp³-hybridized carbons (Fsp3) is 0.438. The summed E-state index contributed by atoms with van der Waals surface area (Å²) in [7, 11) is 0. The predicted molar refractivity (Wildman–Crippen MR) is 79.4 cm³/mol. The molecule has 0 spiro atoms. The van der Waals surface area contributed by atoms with Gasteiger partial charge in [-0.05, 0) is 43.5 Å². The van der Waals surface area contributed by atoms with Crippen LogP contribution in [0.2, 0.25) is 0 Å². The van der Waals surface area contributed by atoms with Gasteiger partial charge in [-0.1, -0.05) is 13.3 Å². The van der Waals surface area contributed by atoms with E-state index in [4.69, 9.17) is 9.97 Å². The van der Waals surface area contributed by atoms with E-state index in [-0.39, 0.29) is 0 Å². The Morgan fingerprint density at radius 2 is 2.20 bits per heavy atom. The average molecular weight is 268 g/mol. The molecule has 0 atom stereocenters. The van der Waals surface area contributed by atoms with Crippen molar-refractivity contribution in [2.75, 3.05) is 6.54 Å². The molecule has 0 saturated carbocycles. The number of nitrogens with one attached hydrogen (secondary N) is 1. The average Bonchev–Trinajstić information content (AvgIpc) is 2.48. The molecule has 1 N–H and O–H groups in total. The van der Waals surface area contributed by atoms with Gasteiger partial charge in [0.15, 0.2) is 5.82 Å². The highest BCUT2D eigenvalue weighted by Gasteiger charge is 2.18. The van der Waals surface area contributed by atoms with Gasteiger partial charge in [0.05, 0.1) is 5.69 Å². The van der Waals surface area contributed by atoms with Crippen molar-refractivity contribution in [3.05, 3.63) is 41.0 Å². The molecule has 4 nitrogen and oxygen atoms in total. The maximum atomic E-state index is 4.84. The molecule has 0 aromatic carbocycles. The summed E-state index contributed by atoms with van der Waals surface area (Å²) in [4.78, 5) is 13.8. The third-order valence-electron chi connectivity index (χ3n) is 3.77. The summed E-state index contributed by atoms with van der Waals surface area (Å²) in [6, 6.07) is 2.00. The van der Waals surface area contributed by atoms with Crippen LogP contribution in [0, 0.1) is 6.92 Å². The molecule has 0 aliphatic carbocycles. The third kappa shape index (κ3) is 2.43. The van der Waals surface area contributed by atoms with E-state index in [1.54, 1.807) is 0 Å². The SMILES string of the molecule is CCCc1nc(-c2ccncc2C)nc2c1CCNC2. The van der Waals surface area contributed by atoms with Crippen LogP contribution in [0.1, 0.15) is 35.9 Å². The van der Waals surface area contributed by atoms with Gasteiger partial charge >= 0.3 is 0 Å². The molecule has 104 valence electrons. The van der Waals surface area contributed by atoms with E-state index >= 15 is 0 Å². The number of hydrogen-bond donors (Lipinski definition) is 1. The first-order valence-electron chi connectivity index (χ1n) is 7.30. The lowest BCUT2D eigenvalue weighted by atomic mass is 10.0. The second-order valence-electron chi connectivity index (χ2n) is 5.29. The Balaban J connectivity index is 2.13. The van der Waals surface area contributed by atoms with Gasteiger partial charge in [0.2, 0.25) is 0 Å². The van der Waals surface area contributed by atoms with Crippen molar-refractivity contribution in [2.45, 2.75) is 39.7 Å². The Bertz CT molecular complexity index is 622. The number of hydrogen-bond acceptors (Lipinski definition) is 4. The molecule has 0 fully saturated rings. The van der Waals surface area contributed by atoms with Crippen LogP contribution >= 0.6 is 0 Å². The van der Waals surface area contributed by atoms with Crippen molar-refractivity contribution in [1.29, 1.82) is 0 Å². The smallest absolute Gasteiger partial charge is 0.160 e. The van der Waals surface area contributed by atoms with E-state index < -0.39 is 0 Å². The van der Waals surface area contributed by atoms with Gasteiger partial charge in [0.25, 0.3) is 0 Å². The standard InChI is InChI=1S/C16H20N4/c1-3-4-14-13-6-8-18-10-15(13)20-16(19-14)12-5-7-17-9-11(12)2/h5,7,9,18H,3-4,6,8,10H2,1-2H3. The molecule has 0 bridgehead atoms. The molecule has 2 aromatic heterocycles. The van der Waals surface area contributed by atoms with Crippen LogP contribution in [-0.4, -0.2) is 21.5 Å². The van der Waals surface area contributed by atoms with Gasteiger partial charge in [0, 0.05) is 30.2 Å². The van der Waals surface area contributed by atoms with Gasteiger partial charge in [-0.2, -0.15) is 0 Å². The lowest BCUT2D eigenvalue weighted by Gasteiger charge is -2.20. The van der Waals surface area contributed by atoms with E-state index in [0.717, 1.165) is 49.3 Å². The highest BCUT2D eigenvalue weighted by atomic mass is 15.0. The second kappa shape index (κ2) is 5.67. The zero-order valence-corrected chi connectivity index (χ0v) is 12.1. The third-order valence-corrected chi connectivity index (χ3v) is 3.77. The van der Waals surface area contributed by atoms with Crippen LogP contribution in [-0.2, 0) is 19.4 Å². The molecule has 20 heavy (non-hydrogen) atoms. The van der Waals surface area contributed by atoms with Gasteiger partial charge in [-0.25, -0.2) is 9.97 Å². The molecular weight excluding hydrogens is 248 g/mol. The molecule has 1 aliphatic heterocycles. The minimum absolute atomic E-state index is 0.843. The summed E-state index contributed by atoms with van der Waals surface area (Å²) in [5.74, 6) is 0.843. The van der Waals surface area contributed by atoms with Crippen molar-refractivity contribution in [2.24, 2.45) is 0 Å². The maximum Gasteiger partial charge on any atom is 0.160 e. The number of fused-ring (bicyclic) bond motifs is 1. The van der Waals surface area contributed by atoms with Crippen LogP contribution < -0.4 is 5.32 Å². The molecule has 4 heteroatoms. The number of aromatic nitrogens is 3. The zero-order chi connectivity index (χ0) is 13.9. The number of pyridine rings is 1. The molecule has 0 unspecified atom stereocenters. The molecule has 1 aliphatic rings. The maximum absolute atomic E-state index is 4.84. The van der Waals surface area contributed by atoms with Crippen molar-refractivity contribution < 1.29 is 0 Å². The van der Waals surface area contributed by atoms with Gasteiger partial charge in [-0.15, -0.1) is 0 Å². The minimum Gasteiger partial charge on any atom is -0.311 e. The van der Waals surface area contributed by atoms with Crippen molar-refractivity contribution in [1.82, 2.24) is 20.3 Å². The summed E-state index contributed by atoms with van der Waals surface area (Å²) in [6.45, 7) is 6.14. The summed E-state index contributed by atoms with van der Waals surface area (Å²) >= 11 is 0. The fourth-order valence-corrected chi connectivity index (χ4v) is 2.73. The highest BCUT2D eigenvalue weighted by Crippen LogP contribution is 2.24. The summed E-state index contributed by atoms with van der Waals surface area (Å²) in [6.07, 6.45) is 6.87. The monoisotopic (exact) mass is 268 g/mol. The number of aryl methyl sites for hydroxylation is 2. The molecular formula is C16H20N4. The van der Waals surface area contributed by atoms with E-state index in [1.807, 2.05) is 18.5 Å². The van der Waals surface area contributed by atoms with Crippen molar-refractivity contribution in [3.8, 4) is 11.4 Å². The van der Waals surface area contributed by atoms with Gasteiger partial charge in [-0.3, -0.25) is 4.98 Å². The van der Waals surface area contributed by atoms with Crippen LogP contribution in [0.25, 0.3) is 11.4 Å². The first-order chi connectivity index (χ1) is 9.79. The van der Waals surface area contributed by atoms with Crippen LogP contribution in [0.15, 0.2) is 18.5 Å². The fourth-order valence-electron chi connectivity index (χ4n) is 2.73. The van der Waals surface area contributed by atoms with Crippen LogP contribution in [0.4, 0.5) is 0 Å². The molecule has 0 saturated heterocycles. The Labute approximate surface area is 119 Å². The van der Waals surface area contributed by atoms with Crippen molar-refractivity contribution >= 4 is 0 Å². The topological polar surface area (TPSA) is 50.7 Å². The lowest BCUT2D eigenvalue weighted by Crippen LogP contribution is -2.26. The summed E-state index contributed by atoms with van der Waals surface area (Å²) < 4.78 is 0. The van der Waals surface area contributed by atoms with Crippen LogP contribution in [0.5, 0.6) is 0 Å². The summed E-state index contributed by atoms with van der Waals surface area (Å²) in [5, 5.41) is 3.40. The number of nitrogens with zero attached hydrogens (tertiary/aromatic N) is 3. The Kier molecular flexibility index (Phi) is 3.74. The van der Waals surface area contributed by atoms with Gasteiger partial charge in [0.1, 0.15) is 0 Å². The van der Waals surface area contributed by atoms with Crippen LogP contribution in [0.3, 0.4) is 0 Å². The largest absolute Gasteiger partial charge is 0.311 e. The first kappa shape index (κ1) is 13.2. The van der Waals surface area contributed by atoms with Crippen molar-refractivity contribution in [3.63, 3.8) is 0 Å². The first-order valence-corrected chi connectivity index (χ1v) is 7.30. The number of rotatable bonds is 3. The zero-order valence-electron chi connectivity index (χ0n) is 12.1. The lowest BCUT2D eigenvalue weighted by molar-refractivity contribution is 0.614. The van der Waals surface area contributed by atoms with Gasteiger partial charge < -0.3 is 5.32 Å². The van der Waals surface area contributed by atoms with E-state index in [9.17, 15) is 0 Å². The second-order valence-corrected chi connectivity index (χ2v) is 5.29. The Morgan fingerprint density at radius 3 is 3.00 bits per heavy atom. The predicted octanol–water partition coefficient (Wildman–Crippen LogP) is 2.45.